The van der Waals surface area contributed by atoms with Gasteiger partial charge in [0.2, 0.25) is 0 Å². The minimum absolute atomic E-state index is 0.140. The van der Waals surface area contributed by atoms with Crippen molar-refractivity contribution in [2.24, 2.45) is 0 Å². The second-order valence-corrected chi connectivity index (χ2v) is 3.14. The van der Waals surface area contributed by atoms with Gasteiger partial charge in [-0.15, -0.1) is 0 Å². The van der Waals surface area contributed by atoms with Crippen LogP contribution < -0.4 is 5.73 Å². The predicted molar refractivity (Wildman–Crippen MR) is 55.5 cm³/mol. The average molecular weight is 206 g/mol. The Hall–Kier alpha value is -1.91. The second-order valence-electron chi connectivity index (χ2n) is 3.14. The molecular weight excluding hydrogens is 195 g/mol. The highest BCUT2D eigenvalue weighted by Gasteiger charge is 2.07. The van der Waals surface area contributed by atoms with Crippen molar-refractivity contribution in [3.63, 3.8) is 0 Å². The molecular formula is C10H11FN4. The number of hydrogen-bond acceptors (Lipinski definition) is 3. The van der Waals surface area contributed by atoms with E-state index in [1.165, 1.54) is 18.5 Å². The predicted octanol–water partition coefficient (Wildman–Crippen LogP) is 1.69. The van der Waals surface area contributed by atoms with Gasteiger partial charge in [0, 0.05) is 12.1 Å². The molecule has 1 aromatic carbocycles. The van der Waals surface area contributed by atoms with Crippen LogP contribution in [0.5, 0.6) is 0 Å². The van der Waals surface area contributed by atoms with Crippen molar-refractivity contribution in [1.29, 1.82) is 0 Å². The Bertz CT molecular complexity index is 478. The quantitative estimate of drug-likeness (QED) is 0.760. The molecule has 0 unspecified atom stereocenters. The minimum atomic E-state index is -0.432. The van der Waals surface area contributed by atoms with E-state index in [9.17, 15) is 4.39 Å². The van der Waals surface area contributed by atoms with E-state index >= 15 is 0 Å². The SMILES string of the molecule is CCn1ncnc1-c1ccc(N)c(F)c1. The van der Waals surface area contributed by atoms with Gasteiger partial charge in [-0.1, -0.05) is 0 Å². The zero-order valence-corrected chi connectivity index (χ0v) is 8.31. The molecule has 5 heteroatoms. The monoisotopic (exact) mass is 206 g/mol. The Morgan fingerprint density at radius 2 is 2.27 bits per heavy atom. The zero-order chi connectivity index (χ0) is 10.8. The van der Waals surface area contributed by atoms with Crippen LogP contribution in [0.3, 0.4) is 0 Å². The molecule has 1 aromatic heterocycles. The number of aryl methyl sites for hydroxylation is 1. The minimum Gasteiger partial charge on any atom is -0.396 e. The van der Waals surface area contributed by atoms with Crippen molar-refractivity contribution in [2.45, 2.75) is 13.5 Å². The van der Waals surface area contributed by atoms with Crippen LogP contribution in [0.1, 0.15) is 6.92 Å². The zero-order valence-electron chi connectivity index (χ0n) is 8.31. The molecule has 0 spiro atoms. The van der Waals surface area contributed by atoms with Crippen molar-refractivity contribution in [2.75, 3.05) is 5.73 Å². The number of hydrogen-bond donors (Lipinski definition) is 1. The molecule has 4 nitrogen and oxygen atoms in total. The van der Waals surface area contributed by atoms with Crippen LogP contribution in [0.25, 0.3) is 11.4 Å². The van der Waals surface area contributed by atoms with Crippen LogP contribution >= 0.6 is 0 Å². The first-order valence-electron chi connectivity index (χ1n) is 4.65. The van der Waals surface area contributed by atoms with E-state index in [0.29, 0.717) is 17.9 Å². The van der Waals surface area contributed by atoms with E-state index in [2.05, 4.69) is 10.1 Å². The average Bonchev–Trinajstić information content (AvgIpc) is 2.70. The van der Waals surface area contributed by atoms with Crippen LogP contribution in [-0.2, 0) is 6.54 Å². The Balaban J connectivity index is 2.50. The van der Waals surface area contributed by atoms with Crippen molar-refractivity contribution in [3.05, 3.63) is 30.3 Å². The van der Waals surface area contributed by atoms with E-state index < -0.39 is 5.82 Å². The number of benzene rings is 1. The number of nitrogen functional groups attached to an aromatic ring is 1. The highest BCUT2D eigenvalue weighted by Crippen LogP contribution is 2.20. The highest BCUT2D eigenvalue weighted by molar-refractivity contribution is 5.59. The van der Waals surface area contributed by atoms with Crippen LogP contribution in [0.2, 0.25) is 0 Å². The number of halogens is 1. The molecule has 0 bridgehead atoms. The molecule has 0 saturated heterocycles. The van der Waals surface area contributed by atoms with E-state index in [-0.39, 0.29) is 5.69 Å². The molecule has 0 amide bonds. The topological polar surface area (TPSA) is 56.7 Å². The molecule has 15 heavy (non-hydrogen) atoms. The van der Waals surface area contributed by atoms with E-state index in [1.54, 1.807) is 10.7 Å². The first kappa shape index (κ1) is 9.64. The summed E-state index contributed by atoms with van der Waals surface area (Å²) >= 11 is 0. The molecule has 2 N–H and O–H groups in total. The first-order chi connectivity index (χ1) is 7.22. The highest BCUT2D eigenvalue weighted by atomic mass is 19.1. The second kappa shape index (κ2) is 3.68. The maximum atomic E-state index is 13.2. The van der Waals surface area contributed by atoms with Gasteiger partial charge in [-0.05, 0) is 25.1 Å². The van der Waals surface area contributed by atoms with Gasteiger partial charge >= 0.3 is 0 Å². The summed E-state index contributed by atoms with van der Waals surface area (Å²) in [6, 6.07) is 4.62. The summed E-state index contributed by atoms with van der Waals surface area (Å²) in [6.45, 7) is 2.65. The molecule has 0 radical (unpaired) electrons. The Morgan fingerprint density at radius 1 is 1.47 bits per heavy atom. The number of nitrogens with two attached hydrogens (primary N) is 1. The standard InChI is InChI=1S/C10H11FN4/c1-2-15-10(13-6-14-15)7-3-4-9(12)8(11)5-7/h3-6H,2,12H2,1H3. The lowest BCUT2D eigenvalue weighted by Gasteiger charge is -2.03. The lowest BCUT2D eigenvalue weighted by Crippen LogP contribution is -2.00. The van der Waals surface area contributed by atoms with E-state index in [1.807, 2.05) is 6.92 Å². The van der Waals surface area contributed by atoms with E-state index in [4.69, 9.17) is 5.73 Å². The Kier molecular flexibility index (Phi) is 2.37. The van der Waals surface area contributed by atoms with Crippen molar-refractivity contribution < 1.29 is 4.39 Å². The maximum absolute atomic E-state index is 13.2. The fraction of sp³-hybridized carbons (Fsp3) is 0.200. The molecule has 78 valence electrons. The Morgan fingerprint density at radius 3 is 2.93 bits per heavy atom. The van der Waals surface area contributed by atoms with Gasteiger partial charge in [0.15, 0.2) is 5.82 Å². The van der Waals surface area contributed by atoms with Crippen LogP contribution in [0.4, 0.5) is 10.1 Å². The van der Waals surface area contributed by atoms with Crippen LogP contribution in [-0.4, -0.2) is 14.8 Å². The van der Waals surface area contributed by atoms with E-state index in [0.717, 1.165) is 0 Å². The molecule has 0 saturated carbocycles. The van der Waals surface area contributed by atoms with Gasteiger partial charge < -0.3 is 5.73 Å². The molecule has 2 aromatic rings. The third-order valence-corrected chi connectivity index (χ3v) is 2.17. The molecule has 0 atom stereocenters. The summed E-state index contributed by atoms with van der Waals surface area (Å²) in [5, 5.41) is 4.02. The molecule has 0 aliphatic heterocycles. The summed E-state index contributed by atoms with van der Waals surface area (Å²) in [5.74, 6) is 0.217. The van der Waals surface area contributed by atoms with Crippen LogP contribution in [0, 0.1) is 5.82 Å². The molecule has 0 aliphatic carbocycles. The number of aromatic nitrogens is 3. The molecule has 2 rings (SSSR count). The van der Waals surface area contributed by atoms with Gasteiger partial charge in [0.05, 0.1) is 5.69 Å². The lowest BCUT2D eigenvalue weighted by atomic mass is 10.2. The number of rotatable bonds is 2. The summed E-state index contributed by atoms with van der Waals surface area (Å²) in [7, 11) is 0. The maximum Gasteiger partial charge on any atom is 0.158 e. The third kappa shape index (κ3) is 1.68. The lowest BCUT2D eigenvalue weighted by molar-refractivity contribution is 0.631. The molecule has 0 aliphatic rings. The summed E-state index contributed by atoms with van der Waals surface area (Å²) in [5.41, 5.74) is 6.22. The smallest absolute Gasteiger partial charge is 0.158 e. The number of nitrogens with zero attached hydrogens (tertiary/aromatic N) is 3. The summed E-state index contributed by atoms with van der Waals surface area (Å²) in [6.07, 6.45) is 1.45. The van der Waals surface area contributed by atoms with Crippen molar-refractivity contribution >= 4 is 5.69 Å². The normalized spacial score (nSPS) is 10.5. The van der Waals surface area contributed by atoms with Gasteiger partial charge in [-0.25, -0.2) is 14.1 Å². The fourth-order valence-electron chi connectivity index (χ4n) is 1.39. The van der Waals surface area contributed by atoms with Gasteiger partial charge in [-0.2, -0.15) is 5.10 Å². The van der Waals surface area contributed by atoms with Gasteiger partial charge in [-0.3, -0.25) is 0 Å². The van der Waals surface area contributed by atoms with Crippen molar-refractivity contribution in [1.82, 2.24) is 14.8 Å². The Labute approximate surface area is 86.6 Å². The third-order valence-electron chi connectivity index (χ3n) is 2.17. The van der Waals surface area contributed by atoms with Crippen molar-refractivity contribution in [3.8, 4) is 11.4 Å². The van der Waals surface area contributed by atoms with Crippen LogP contribution in [0.15, 0.2) is 24.5 Å². The number of anilines is 1. The summed E-state index contributed by atoms with van der Waals surface area (Å²) in [4.78, 5) is 4.07. The van der Waals surface area contributed by atoms with Gasteiger partial charge in [0.25, 0.3) is 0 Å². The largest absolute Gasteiger partial charge is 0.396 e. The van der Waals surface area contributed by atoms with Gasteiger partial charge in [0.1, 0.15) is 12.1 Å². The fourth-order valence-corrected chi connectivity index (χ4v) is 1.39. The molecule has 0 fully saturated rings. The first-order valence-corrected chi connectivity index (χ1v) is 4.65. The summed E-state index contributed by atoms with van der Waals surface area (Å²) < 4.78 is 14.9. The molecule has 1 heterocycles.